The van der Waals surface area contributed by atoms with E-state index in [-0.39, 0.29) is 11.3 Å². The molecule has 0 aliphatic heterocycles. The molecule has 0 saturated carbocycles. The Balaban J connectivity index is 0.000000263. The number of nitrogen functional groups attached to an aromatic ring is 1. The Hall–Kier alpha value is -4.89. The smallest absolute Gasteiger partial charge is 0.136 e. The summed E-state index contributed by atoms with van der Waals surface area (Å²) in [6.07, 6.45) is 1.90. The Bertz CT molecular complexity index is 1880. The second-order valence-corrected chi connectivity index (χ2v) is 10.4. The lowest BCUT2D eigenvalue weighted by atomic mass is 9.82. The molecule has 0 atom stereocenters. The highest BCUT2D eigenvalue weighted by Crippen LogP contribution is 2.49. The van der Waals surface area contributed by atoms with E-state index in [0.717, 1.165) is 33.1 Å². The van der Waals surface area contributed by atoms with Crippen LogP contribution in [0.1, 0.15) is 36.1 Å². The summed E-state index contributed by atoms with van der Waals surface area (Å²) < 4.78 is 6.09. The molecule has 1 aromatic heterocycles. The zero-order valence-electron chi connectivity index (χ0n) is 22.2. The van der Waals surface area contributed by atoms with Gasteiger partial charge in [-0.15, -0.1) is 0 Å². The lowest BCUT2D eigenvalue weighted by Gasteiger charge is -2.21. The number of hydrogen-bond donors (Lipinski definition) is 2. The van der Waals surface area contributed by atoms with Gasteiger partial charge in [0.05, 0.1) is 0 Å². The molecule has 0 fully saturated rings. The van der Waals surface area contributed by atoms with E-state index in [4.69, 9.17) is 15.6 Å². The third kappa shape index (κ3) is 4.13. The summed E-state index contributed by atoms with van der Waals surface area (Å²) in [7, 11) is 0. The molecule has 3 heteroatoms. The zero-order chi connectivity index (χ0) is 27.1. The summed E-state index contributed by atoms with van der Waals surface area (Å²) >= 11 is 0. The molecule has 3 nitrogen and oxygen atoms in total. The number of furan rings is 1. The van der Waals surface area contributed by atoms with Crippen molar-refractivity contribution < 1.29 is 4.42 Å². The highest BCUT2D eigenvalue weighted by molar-refractivity contribution is 6.10. The Kier molecular flexibility index (Phi) is 5.92. The first kappa shape index (κ1) is 24.4. The van der Waals surface area contributed by atoms with Crippen LogP contribution in [0.5, 0.6) is 0 Å². The van der Waals surface area contributed by atoms with E-state index in [1.54, 1.807) is 0 Å². The van der Waals surface area contributed by atoms with Crippen LogP contribution in [0.3, 0.4) is 0 Å². The third-order valence-electron chi connectivity index (χ3n) is 7.75. The van der Waals surface area contributed by atoms with Crippen LogP contribution in [0.4, 0.5) is 0 Å². The molecule has 0 saturated heterocycles. The molecule has 0 spiro atoms. The molecular weight excluding hydrogens is 476 g/mol. The van der Waals surface area contributed by atoms with Crippen LogP contribution in [0.15, 0.2) is 120 Å². The Morgan fingerprint density at radius 1 is 0.744 bits per heavy atom. The van der Waals surface area contributed by atoms with Crippen molar-refractivity contribution in [3.63, 3.8) is 0 Å². The van der Waals surface area contributed by atoms with Crippen LogP contribution >= 0.6 is 0 Å². The molecule has 0 amide bonds. The third-order valence-corrected chi connectivity index (χ3v) is 7.75. The highest BCUT2D eigenvalue weighted by atomic mass is 16.3. The Morgan fingerprint density at radius 3 is 2.18 bits per heavy atom. The topological polar surface area (TPSA) is 63.0 Å². The molecule has 5 aromatic carbocycles. The Labute approximate surface area is 228 Å². The van der Waals surface area contributed by atoms with Gasteiger partial charge in [0.2, 0.25) is 0 Å². The van der Waals surface area contributed by atoms with Crippen LogP contribution < -0.4 is 5.73 Å². The minimum Gasteiger partial charge on any atom is -0.456 e. The van der Waals surface area contributed by atoms with E-state index in [9.17, 15) is 0 Å². The van der Waals surface area contributed by atoms with Gasteiger partial charge >= 0.3 is 0 Å². The second-order valence-electron chi connectivity index (χ2n) is 10.4. The van der Waals surface area contributed by atoms with Crippen molar-refractivity contribution in [2.24, 2.45) is 5.73 Å². The van der Waals surface area contributed by atoms with E-state index in [0.29, 0.717) is 0 Å². The fraction of sp³-hybridized carbons (Fsp3) is 0.0833. The van der Waals surface area contributed by atoms with Gasteiger partial charge in [0.1, 0.15) is 17.0 Å². The average molecular weight is 507 g/mol. The van der Waals surface area contributed by atoms with Crippen LogP contribution in [-0.2, 0) is 5.41 Å². The molecule has 1 heterocycles. The SMILES string of the molecule is C=Cc1cccc2oc3ccc(-c4ccc5c(c4)-c4ccccc4C5(C)C)cc3c12.N=C(N)c1ccccc1. The molecular formula is C36H30N2O. The fourth-order valence-corrected chi connectivity index (χ4v) is 5.72. The summed E-state index contributed by atoms with van der Waals surface area (Å²) in [5.74, 6) is 0.121. The lowest BCUT2D eigenvalue weighted by molar-refractivity contribution is 0.660. The summed E-state index contributed by atoms with van der Waals surface area (Å²) in [4.78, 5) is 0. The number of nitrogens with one attached hydrogen (secondary N) is 1. The van der Waals surface area contributed by atoms with E-state index in [1.165, 1.54) is 33.4 Å². The van der Waals surface area contributed by atoms with E-state index >= 15 is 0 Å². The second kappa shape index (κ2) is 9.45. The zero-order valence-corrected chi connectivity index (χ0v) is 22.2. The number of fused-ring (bicyclic) bond motifs is 6. The molecule has 7 rings (SSSR count). The minimum atomic E-state index is 0.0357. The molecule has 39 heavy (non-hydrogen) atoms. The molecule has 0 bridgehead atoms. The standard InChI is InChI=1S/C29H22O.C7H8N2/c1-4-18-8-7-11-27-28(18)23-17-20(13-15-26(23)30-27)19-12-14-25-22(16-19)21-9-5-6-10-24(21)29(25,2)3;8-7(9)6-4-2-1-3-5-6/h4-17H,1H2,2-3H3;1-5H,(H3,8,9). The number of benzene rings is 5. The number of amidine groups is 1. The number of rotatable bonds is 3. The maximum absolute atomic E-state index is 7.01. The van der Waals surface area contributed by atoms with Crippen molar-refractivity contribution in [3.8, 4) is 22.3 Å². The van der Waals surface area contributed by atoms with Gasteiger partial charge in [-0.25, -0.2) is 0 Å². The number of hydrogen-bond acceptors (Lipinski definition) is 2. The maximum atomic E-state index is 7.01. The summed E-state index contributed by atoms with van der Waals surface area (Å²) in [6, 6.07) is 37.5. The van der Waals surface area contributed by atoms with E-state index < -0.39 is 0 Å². The Morgan fingerprint density at radius 2 is 1.44 bits per heavy atom. The van der Waals surface area contributed by atoms with Gasteiger partial charge in [-0.1, -0.05) is 111 Å². The van der Waals surface area contributed by atoms with E-state index in [1.807, 2.05) is 48.5 Å². The first-order valence-electron chi connectivity index (χ1n) is 13.1. The molecule has 1 aliphatic rings. The molecule has 1 aliphatic carbocycles. The fourth-order valence-electron chi connectivity index (χ4n) is 5.72. The van der Waals surface area contributed by atoms with Crippen molar-refractivity contribution in [2.75, 3.05) is 0 Å². The van der Waals surface area contributed by atoms with Gasteiger partial charge < -0.3 is 10.2 Å². The predicted octanol–water partition coefficient (Wildman–Crippen LogP) is 9.17. The predicted molar refractivity (Wildman–Crippen MR) is 164 cm³/mol. The minimum absolute atomic E-state index is 0.0357. The van der Waals surface area contributed by atoms with Crippen molar-refractivity contribution >= 4 is 33.9 Å². The van der Waals surface area contributed by atoms with Crippen molar-refractivity contribution in [1.82, 2.24) is 0 Å². The van der Waals surface area contributed by atoms with Gasteiger partial charge in [-0.2, -0.15) is 0 Å². The molecule has 3 N–H and O–H groups in total. The average Bonchev–Trinajstić information content (AvgIpc) is 3.46. The summed E-state index contributed by atoms with van der Waals surface area (Å²) in [5.41, 5.74) is 16.9. The van der Waals surface area contributed by atoms with Gasteiger partial charge in [0, 0.05) is 21.8 Å². The van der Waals surface area contributed by atoms with Crippen LogP contribution in [0.2, 0.25) is 0 Å². The van der Waals surface area contributed by atoms with Gasteiger partial charge in [0.15, 0.2) is 0 Å². The van der Waals surface area contributed by atoms with Crippen LogP contribution in [0.25, 0.3) is 50.3 Å². The monoisotopic (exact) mass is 506 g/mol. The van der Waals surface area contributed by atoms with Crippen LogP contribution in [0, 0.1) is 5.41 Å². The summed E-state index contributed by atoms with van der Waals surface area (Å²) in [5, 5.41) is 9.29. The molecule has 6 aromatic rings. The van der Waals surface area contributed by atoms with Crippen molar-refractivity contribution in [1.29, 1.82) is 5.41 Å². The van der Waals surface area contributed by atoms with Crippen molar-refractivity contribution in [2.45, 2.75) is 19.3 Å². The molecule has 0 radical (unpaired) electrons. The molecule has 190 valence electrons. The van der Waals surface area contributed by atoms with E-state index in [2.05, 4.69) is 87.2 Å². The first-order chi connectivity index (χ1) is 18.9. The number of nitrogens with two attached hydrogens (primary N) is 1. The first-order valence-corrected chi connectivity index (χ1v) is 13.1. The van der Waals surface area contributed by atoms with Crippen LogP contribution in [-0.4, -0.2) is 5.84 Å². The quantitative estimate of drug-likeness (QED) is 0.186. The van der Waals surface area contributed by atoms with Crippen molar-refractivity contribution in [3.05, 3.63) is 138 Å². The largest absolute Gasteiger partial charge is 0.456 e. The normalized spacial score (nSPS) is 12.9. The van der Waals surface area contributed by atoms with Gasteiger partial charge in [-0.05, 0) is 63.2 Å². The summed E-state index contributed by atoms with van der Waals surface area (Å²) in [6.45, 7) is 8.62. The van der Waals surface area contributed by atoms with Gasteiger partial charge in [0.25, 0.3) is 0 Å². The molecule has 0 unspecified atom stereocenters. The lowest BCUT2D eigenvalue weighted by Crippen LogP contribution is -2.14. The highest BCUT2D eigenvalue weighted by Gasteiger charge is 2.35. The maximum Gasteiger partial charge on any atom is 0.136 e. The van der Waals surface area contributed by atoms with Gasteiger partial charge in [-0.3, -0.25) is 5.41 Å².